The van der Waals surface area contributed by atoms with Crippen LogP contribution in [0.25, 0.3) is 22.2 Å². The zero-order chi connectivity index (χ0) is 16.5. The zero-order valence-electron chi connectivity index (χ0n) is 12.8. The number of hydrogen-bond donors (Lipinski definition) is 1. The number of pyridine rings is 1. The van der Waals surface area contributed by atoms with Gasteiger partial charge in [-0.25, -0.2) is 4.98 Å². The molecule has 1 N–H and O–H groups in total. The number of fused-ring (bicyclic) bond motifs is 1. The summed E-state index contributed by atoms with van der Waals surface area (Å²) in [6, 6.07) is 8.79. The molecule has 0 radical (unpaired) electrons. The summed E-state index contributed by atoms with van der Waals surface area (Å²) in [7, 11) is 1.85. The topological polar surface area (TPSA) is 85.7 Å². The Morgan fingerprint density at radius 2 is 2.00 bits per heavy atom. The van der Waals surface area contributed by atoms with Gasteiger partial charge in [-0.1, -0.05) is 0 Å². The Balaban J connectivity index is 1.68. The normalized spacial score (nSPS) is 10.9. The Bertz CT molecular complexity index is 1080. The molecule has 7 heteroatoms. The maximum atomic E-state index is 11.9. The van der Waals surface area contributed by atoms with E-state index in [-0.39, 0.29) is 5.56 Å². The third kappa shape index (κ3) is 2.63. The molecule has 3 heterocycles. The lowest BCUT2D eigenvalue weighted by Gasteiger charge is -2.07. The molecular formula is C17H13N5O2. The van der Waals surface area contributed by atoms with E-state index in [4.69, 9.17) is 4.74 Å². The molecule has 7 nitrogen and oxygen atoms in total. The van der Waals surface area contributed by atoms with Crippen LogP contribution >= 0.6 is 0 Å². The van der Waals surface area contributed by atoms with Gasteiger partial charge in [0.15, 0.2) is 0 Å². The van der Waals surface area contributed by atoms with Gasteiger partial charge in [0.05, 0.1) is 29.1 Å². The minimum absolute atomic E-state index is 0.198. The van der Waals surface area contributed by atoms with Crippen molar-refractivity contribution in [3.63, 3.8) is 0 Å². The third-order valence-corrected chi connectivity index (χ3v) is 3.58. The van der Waals surface area contributed by atoms with Crippen molar-refractivity contribution < 1.29 is 4.74 Å². The predicted octanol–water partition coefficient (Wildman–Crippen LogP) is 2.51. The number of ether oxygens (including phenoxy) is 1. The Morgan fingerprint density at radius 1 is 1.12 bits per heavy atom. The van der Waals surface area contributed by atoms with Gasteiger partial charge in [-0.15, -0.1) is 0 Å². The maximum absolute atomic E-state index is 11.9. The molecule has 4 aromatic rings. The van der Waals surface area contributed by atoms with Crippen LogP contribution in [0.2, 0.25) is 0 Å². The largest absolute Gasteiger partial charge is 0.457 e. The van der Waals surface area contributed by atoms with Gasteiger partial charge >= 0.3 is 0 Å². The molecular weight excluding hydrogens is 306 g/mol. The van der Waals surface area contributed by atoms with Gasteiger partial charge in [-0.05, 0) is 24.3 Å². The minimum Gasteiger partial charge on any atom is -0.457 e. The fraction of sp³-hybridized carbons (Fsp3) is 0.0588. The number of aromatic nitrogens is 5. The van der Waals surface area contributed by atoms with E-state index < -0.39 is 0 Å². The highest BCUT2D eigenvalue weighted by Crippen LogP contribution is 2.26. The molecule has 0 amide bonds. The number of nitrogens with one attached hydrogen (secondary N) is 1. The number of aromatic amines is 1. The summed E-state index contributed by atoms with van der Waals surface area (Å²) in [5.41, 5.74) is 2.09. The second-order valence-electron chi connectivity index (χ2n) is 5.29. The van der Waals surface area contributed by atoms with E-state index in [0.717, 1.165) is 11.3 Å². The SMILES string of the molecule is Cn1cc(-c2cc(Oc3ccc4nc[nH]c(=O)c4c3)ccn2)cn1. The van der Waals surface area contributed by atoms with Crippen LogP contribution in [0.15, 0.2) is 60.0 Å². The molecule has 0 aliphatic carbocycles. The summed E-state index contributed by atoms with van der Waals surface area (Å²) >= 11 is 0. The third-order valence-electron chi connectivity index (χ3n) is 3.58. The van der Waals surface area contributed by atoms with Crippen LogP contribution in [-0.4, -0.2) is 24.7 Å². The first-order chi connectivity index (χ1) is 11.7. The number of benzene rings is 1. The van der Waals surface area contributed by atoms with Crippen molar-refractivity contribution in [2.75, 3.05) is 0 Å². The van der Waals surface area contributed by atoms with Crippen LogP contribution in [0.5, 0.6) is 11.5 Å². The van der Waals surface area contributed by atoms with Crippen LogP contribution in [0.3, 0.4) is 0 Å². The van der Waals surface area contributed by atoms with Gasteiger partial charge in [0.1, 0.15) is 11.5 Å². The van der Waals surface area contributed by atoms with Crippen LogP contribution in [0, 0.1) is 0 Å². The highest BCUT2D eigenvalue weighted by molar-refractivity contribution is 5.78. The molecule has 0 spiro atoms. The monoisotopic (exact) mass is 319 g/mol. The average Bonchev–Trinajstić information content (AvgIpc) is 3.03. The molecule has 24 heavy (non-hydrogen) atoms. The van der Waals surface area contributed by atoms with E-state index in [1.165, 1.54) is 6.33 Å². The van der Waals surface area contributed by atoms with E-state index in [1.54, 1.807) is 41.3 Å². The fourth-order valence-corrected chi connectivity index (χ4v) is 2.43. The van der Waals surface area contributed by atoms with Crippen LogP contribution in [-0.2, 0) is 7.05 Å². The first-order valence-electron chi connectivity index (χ1n) is 7.29. The Labute approximate surface area is 136 Å². The Morgan fingerprint density at radius 3 is 2.83 bits per heavy atom. The van der Waals surface area contributed by atoms with Gasteiger partial charge in [0.2, 0.25) is 0 Å². The molecule has 4 rings (SSSR count). The first kappa shape index (κ1) is 14.1. The summed E-state index contributed by atoms with van der Waals surface area (Å²) in [6.07, 6.45) is 6.68. The van der Waals surface area contributed by atoms with E-state index in [0.29, 0.717) is 22.4 Å². The van der Waals surface area contributed by atoms with E-state index in [9.17, 15) is 4.79 Å². The van der Waals surface area contributed by atoms with Crippen LogP contribution in [0.4, 0.5) is 0 Å². The highest BCUT2D eigenvalue weighted by atomic mass is 16.5. The summed E-state index contributed by atoms with van der Waals surface area (Å²) < 4.78 is 7.58. The summed E-state index contributed by atoms with van der Waals surface area (Å²) in [6.45, 7) is 0. The number of H-pyrrole nitrogens is 1. The second-order valence-corrected chi connectivity index (χ2v) is 5.29. The van der Waals surface area contributed by atoms with Crippen LogP contribution < -0.4 is 10.3 Å². The lowest BCUT2D eigenvalue weighted by Crippen LogP contribution is -2.05. The van der Waals surface area contributed by atoms with Crippen LogP contribution in [0.1, 0.15) is 0 Å². The Kier molecular flexibility index (Phi) is 3.31. The van der Waals surface area contributed by atoms with Gasteiger partial charge in [0, 0.05) is 31.1 Å². The van der Waals surface area contributed by atoms with E-state index in [1.807, 2.05) is 19.3 Å². The predicted molar refractivity (Wildman–Crippen MR) is 88.9 cm³/mol. The molecule has 0 saturated carbocycles. The quantitative estimate of drug-likeness (QED) is 0.627. The van der Waals surface area contributed by atoms with Gasteiger partial charge in [-0.2, -0.15) is 5.10 Å². The van der Waals surface area contributed by atoms with E-state index >= 15 is 0 Å². The standard InChI is InChI=1S/C17H13N5O2/c1-22-9-11(8-21-22)16-7-13(4-5-18-16)24-12-2-3-15-14(6-12)17(23)20-10-19-15/h2-10H,1H3,(H,19,20,23). The van der Waals surface area contributed by atoms with Crippen molar-refractivity contribution in [2.24, 2.45) is 7.05 Å². The fourth-order valence-electron chi connectivity index (χ4n) is 2.43. The number of hydrogen-bond acceptors (Lipinski definition) is 5. The van der Waals surface area contributed by atoms with Crippen molar-refractivity contribution >= 4 is 10.9 Å². The lowest BCUT2D eigenvalue weighted by atomic mass is 10.2. The molecule has 0 unspecified atom stereocenters. The molecule has 118 valence electrons. The first-order valence-corrected chi connectivity index (χ1v) is 7.29. The van der Waals surface area contributed by atoms with Gasteiger partial charge < -0.3 is 9.72 Å². The summed E-state index contributed by atoms with van der Waals surface area (Å²) in [5.74, 6) is 1.19. The molecule has 0 bridgehead atoms. The zero-order valence-corrected chi connectivity index (χ0v) is 12.8. The molecule has 0 aliphatic rings. The molecule has 0 fully saturated rings. The summed E-state index contributed by atoms with van der Waals surface area (Å²) in [4.78, 5) is 22.9. The van der Waals surface area contributed by atoms with E-state index in [2.05, 4.69) is 20.1 Å². The van der Waals surface area contributed by atoms with Crippen molar-refractivity contribution in [3.05, 3.63) is 65.6 Å². The smallest absolute Gasteiger partial charge is 0.258 e. The lowest BCUT2D eigenvalue weighted by molar-refractivity contribution is 0.483. The van der Waals surface area contributed by atoms with Crippen molar-refractivity contribution in [2.45, 2.75) is 0 Å². The molecule has 0 saturated heterocycles. The number of nitrogens with zero attached hydrogens (tertiary/aromatic N) is 4. The number of aryl methyl sites for hydroxylation is 1. The molecule has 0 atom stereocenters. The average molecular weight is 319 g/mol. The van der Waals surface area contributed by atoms with Gasteiger partial charge in [0.25, 0.3) is 5.56 Å². The maximum Gasteiger partial charge on any atom is 0.258 e. The summed E-state index contributed by atoms with van der Waals surface area (Å²) in [5, 5.41) is 4.62. The molecule has 1 aromatic carbocycles. The number of rotatable bonds is 3. The Hall–Kier alpha value is -3.48. The molecule has 3 aromatic heterocycles. The van der Waals surface area contributed by atoms with Crippen molar-refractivity contribution in [3.8, 4) is 22.8 Å². The van der Waals surface area contributed by atoms with Gasteiger partial charge in [-0.3, -0.25) is 14.5 Å². The highest BCUT2D eigenvalue weighted by Gasteiger charge is 2.06. The second kappa shape index (κ2) is 5.62. The van der Waals surface area contributed by atoms with Crippen molar-refractivity contribution in [1.29, 1.82) is 0 Å². The molecule has 0 aliphatic heterocycles. The minimum atomic E-state index is -0.198. The van der Waals surface area contributed by atoms with Crippen molar-refractivity contribution in [1.82, 2.24) is 24.7 Å².